The fourth-order valence-corrected chi connectivity index (χ4v) is 6.95. The lowest BCUT2D eigenvalue weighted by molar-refractivity contribution is -0.0470. The molecule has 4 N–H and O–H groups in total. The van der Waals surface area contributed by atoms with Crippen LogP contribution in [-0.2, 0) is 39.4 Å². The largest absolute Gasteiger partial charge is 0.694 e. The SMILES string of the molecule is CNc1ncnc2c1ncn2[C@H]1CC[C@@H](COP(O)(=S)O[C@@H]2C[C@@H](CO[P+](=O)O)O[C@H]2n2cc(F)c3c(=O)[nH]cnc32)O1. The molecule has 2 fully saturated rings. The molecule has 6 heterocycles. The van der Waals surface area contributed by atoms with E-state index in [1.54, 1.807) is 17.9 Å². The minimum absolute atomic E-state index is 0.0345. The third kappa shape index (κ3) is 6.23. The van der Waals surface area contributed by atoms with E-state index in [4.69, 9.17) is 39.7 Å². The molecule has 0 spiro atoms. The van der Waals surface area contributed by atoms with Gasteiger partial charge in [-0.2, -0.15) is 0 Å². The van der Waals surface area contributed by atoms with Gasteiger partial charge in [0.05, 0.1) is 31.5 Å². The van der Waals surface area contributed by atoms with Gasteiger partial charge in [0.25, 0.3) is 5.56 Å². The molecule has 0 aromatic carbocycles. The van der Waals surface area contributed by atoms with Crippen LogP contribution in [0.1, 0.15) is 31.7 Å². The lowest BCUT2D eigenvalue weighted by atomic mass is 10.2. The molecule has 2 aliphatic rings. The van der Waals surface area contributed by atoms with Crippen molar-refractivity contribution >= 4 is 54.8 Å². The Morgan fingerprint density at radius 2 is 2.05 bits per heavy atom. The van der Waals surface area contributed by atoms with Gasteiger partial charge in [-0.15, -0.1) is 9.42 Å². The highest BCUT2D eigenvalue weighted by atomic mass is 32.5. The number of aromatic nitrogens is 7. The van der Waals surface area contributed by atoms with Crippen molar-refractivity contribution < 1.29 is 41.8 Å². The predicted molar refractivity (Wildman–Crippen MR) is 150 cm³/mol. The summed E-state index contributed by atoms with van der Waals surface area (Å²) >= 11 is 5.28. The van der Waals surface area contributed by atoms with Crippen molar-refractivity contribution in [3.05, 3.63) is 41.3 Å². The topological polar surface area (TPSA) is 210 Å². The molecule has 4 aromatic rings. The van der Waals surface area contributed by atoms with E-state index in [0.29, 0.717) is 29.8 Å². The van der Waals surface area contributed by atoms with Crippen LogP contribution < -0.4 is 10.9 Å². The summed E-state index contributed by atoms with van der Waals surface area (Å²) in [5.41, 5.74) is 0.471. The van der Waals surface area contributed by atoms with Gasteiger partial charge in [0.2, 0.25) is 0 Å². The molecule has 43 heavy (non-hydrogen) atoms. The van der Waals surface area contributed by atoms with Crippen LogP contribution in [0.4, 0.5) is 10.2 Å². The third-order valence-electron chi connectivity index (χ3n) is 7.04. The Labute approximate surface area is 247 Å². The summed E-state index contributed by atoms with van der Waals surface area (Å²) in [4.78, 5) is 51.4. The maximum absolute atomic E-state index is 14.7. The Morgan fingerprint density at radius 3 is 2.84 bits per heavy atom. The molecule has 2 aliphatic heterocycles. The van der Waals surface area contributed by atoms with Crippen LogP contribution in [-0.4, -0.2) is 82.4 Å². The normalized spacial score (nSPS) is 25.9. The minimum atomic E-state index is -3.93. The van der Waals surface area contributed by atoms with Crippen LogP contribution >= 0.6 is 15.0 Å². The second kappa shape index (κ2) is 12.3. The lowest BCUT2D eigenvalue weighted by Crippen LogP contribution is -2.23. The number of nitrogens with zero attached hydrogens (tertiary/aromatic N) is 6. The molecular weight excluding hydrogens is 633 g/mol. The zero-order valence-corrected chi connectivity index (χ0v) is 25.0. The van der Waals surface area contributed by atoms with Gasteiger partial charge in [0.15, 0.2) is 29.2 Å². The first kappa shape index (κ1) is 30.2. The number of H-pyrrole nitrogens is 1. The fraction of sp³-hybridized carbons (Fsp3) is 0.500. The van der Waals surface area contributed by atoms with Gasteiger partial charge in [-0.25, -0.2) is 24.3 Å². The summed E-state index contributed by atoms with van der Waals surface area (Å²) in [5.74, 6) is -0.261. The van der Waals surface area contributed by atoms with Crippen molar-refractivity contribution in [1.82, 2.24) is 34.1 Å². The second-order valence-electron chi connectivity index (χ2n) is 9.73. The first-order chi connectivity index (χ1) is 20.6. The lowest BCUT2D eigenvalue weighted by Gasteiger charge is -2.25. The van der Waals surface area contributed by atoms with Gasteiger partial charge in [-0.1, -0.05) is 0 Å². The zero-order valence-electron chi connectivity index (χ0n) is 22.3. The standard InChI is InChI=1S/C22H25FN8O9P2S/c1-24-18-17-20(27-8-25-18)31(10-29-17)15-3-2-11(38-15)7-37-42(35,43)40-14-4-12(6-36-41(33)34)39-22(14)30-5-13(23)16-19(30)26-9-28-21(16)32/h5,8-12,14-15,22H,2-4,6-7H2,1H3,(H3-,24,25,26,27,28,32,33,34,35,43)/p+1/t11-,12-,14+,15+,22+,42?/m0/s1. The van der Waals surface area contributed by atoms with Crippen molar-refractivity contribution in [2.24, 2.45) is 0 Å². The highest BCUT2D eigenvalue weighted by molar-refractivity contribution is 8.07. The van der Waals surface area contributed by atoms with Gasteiger partial charge in [-0.05, 0) is 24.6 Å². The molecule has 230 valence electrons. The number of ether oxygens (including phenoxy) is 2. The number of halogens is 1. The third-order valence-corrected chi connectivity index (χ3v) is 9.00. The average molecular weight is 660 g/mol. The Morgan fingerprint density at radius 1 is 1.21 bits per heavy atom. The van der Waals surface area contributed by atoms with Gasteiger partial charge in [0.1, 0.15) is 36.2 Å². The fourth-order valence-electron chi connectivity index (χ4n) is 5.19. The smallest absolute Gasteiger partial charge is 0.371 e. The summed E-state index contributed by atoms with van der Waals surface area (Å²) in [7, 11) is -1.17. The second-order valence-corrected chi connectivity index (χ2v) is 13.3. The van der Waals surface area contributed by atoms with E-state index in [9.17, 15) is 18.6 Å². The van der Waals surface area contributed by atoms with E-state index in [2.05, 4.69) is 30.2 Å². The maximum atomic E-state index is 14.7. The highest BCUT2D eigenvalue weighted by Crippen LogP contribution is 2.50. The Kier molecular flexibility index (Phi) is 8.63. The van der Waals surface area contributed by atoms with E-state index in [1.807, 2.05) is 0 Å². The zero-order chi connectivity index (χ0) is 30.3. The number of anilines is 1. The maximum Gasteiger partial charge on any atom is 0.694 e. The summed E-state index contributed by atoms with van der Waals surface area (Å²) in [6.07, 6.45) is 2.67. The van der Waals surface area contributed by atoms with Gasteiger partial charge >= 0.3 is 15.0 Å². The molecule has 0 radical (unpaired) electrons. The molecule has 0 aliphatic carbocycles. The minimum Gasteiger partial charge on any atom is -0.371 e. The van der Waals surface area contributed by atoms with Crippen LogP contribution in [0.25, 0.3) is 22.2 Å². The number of imidazole rings is 1. The highest BCUT2D eigenvalue weighted by Gasteiger charge is 2.43. The monoisotopic (exact) mass is 659 g/mol. The van der Waals surface area contributed by atoms with Crippen molar-refractivity contribution in [1.29, 1.82) is 0 Å². The van der Waals surface area contributed by atoms with Crippen LogP contribution in [0, 0.1) is 5.82 Å². The Bertz CT molecular complexity index is 1770. The van der Waals surface area contributed by atoms with E-state index < -0.39 is 50.9 Å². The van der Waals surface area contributed by atoms with Crippen molar-refractivity contribution in [2.45, 2.75) is 50.0 Å². The molecule has 7 atom stereocenters. The predicted octanol–water partition coefficient (Wildman–Crippen LogP) is 2.00. The number of fused-ring (bicyclic) bond motifs is 2. The van der Waals surface area contributed by atoms with E-state index in [1.165, 1.54) is 10.9 Å². The van der Waals surface area contributed by atoms with Crippen molar-refractivity contribution in [2.75, 3.05) is 25.6 Å². The van der Waals surface area contributed by atoms with Crippen LogP contribution in [0.3, 0.4) is 0 Å². The van der Waals surface area contributed by atoms with Gasteiger partial charge in [0, 0.05) is 24.2 Å². The van der Waals surface area contributed by atoms with Crippen LogP contribution in [0.2, 0.25) is 0 Å². The number of aromatic amines is 1. The molecular formula is C22H26FN8O9P2S+. The molecule has 2 saturated heterocycles. The van der Waals surface area contributed by atoms with Crippen LogP contribution in [0.5, 0.6) is 0 Å². The Hall–Kier alpha value is -2.83. The average Bonchev–Trinajstić information content (AvgIpc) is 3.76. The summed E-state index contributed by atoms with van der Waals surface area (Å²) in [6, 6.07) is 0. The first-order valence-electron chi connectivity index (χ1n) is 13.0. The number of rotatable bonds is 11. The summed E-state index contributed by atoms with van der Waals surface area (Å²) in [5, 5.41) is 2.68. The molecule has 17 nitrogen and oxygen atoms in total. The van der Waals surface area contributed by atoms with E-state index >= 15 is 0 Å². The van der Waals surface area contributed by atoms with E-state index in [-0.39, 0.29) is 36.9 Å². The summed E-state index contributed by atoms with van der Waals surface area (Å²) in [6.45, 7) is -4.31. The van der Waals surface area contributed by atoms with Crippen molar-refractivity contribution in [3.63, 3.8) is 0 Å². The molecule has 0 saturated carbocycles. The molecule has 4 aromatic heterocycles. The summed E-state index contributed by atoms with van der Waals surface area (Å²) < 4.78 is 57.1. The number of hydrogen-bond acceptors (Lipinski definition) is 13. The van der Waals surface area contributed by atoms with Gasteiger partial charge < -0.3 is 38.3 Å². The van der Waals surface area contributed by atoms with Crippen molar-refractivity contribution in [3.8, 4) is 0 Å². The van der Waals surface area contributed by atoms with E-state index in [0.717, 1.165) is 12.5 Å². The quantitative estimate of drug-likeness (QED) is 0.170. The molecule has 6 rings (SSSR count). The number of hydrogen-bond donors (Lipinski definition) is 4. The molecule has 21 heteroatoms. The Balaban J connectivity index is 1.14. The van der Waals surface area contributed by atoms with Gasteiger partial charge in [-0.3, -0.25) is 9.36 Å². The number of nitrogens with one attached hydrogen (secondary N) is 2. The first-order valence-corrected chi connectivity index (χ1v) is 16.7. The molecule has 2 unspecified atom stereocenters. The van der Waals surface area contributed by atoms with Crippen LogP contribution in [0.15, 0.2) is 30.0 Å². The molecule has 0 amide bonds. The molecule has 0 bridgehead atoms.